The number of rotatable bonds is 1. The van der Waals surface area contributed by atoms with E-state index in [2.05, 4.69) is 13.8 Å². The van der Waals surface area contributed by atoms with Crippen molar-refractivity contribution in [1.82, 2.24) is 0 Å². The second-order valence-electron chi connectivity index (χ2n) is 10.1. The number of aliphatic hydroxyl groups is 1. The highest BCUT2D eigenvalue weighted by Gasteiger charge is 2.68. The molecule has 1 saturated heterocycles. The smallest absolute Gasteiger partial charge is 0.110 e. The monoisotopic (exact) mass is 318 g/mol. The van der Waals surface area contributed by atoms with E-state index in [0.717, 1.165) is 36.7 Å². The summed E-state index contributed by atoms with van der Waals surface area (Å²) in [7, 11) is 0. The van der Waals surface area contributed by atoms with Crippen molar-refractivity contribution in [2.75, 3.05) is 6.61 Å². The molecule has 4 aliphatic carbocycles. The summed E-state index contributed by atoms with van der Waals surface area (Å²) in [4.78, 5) is 0. The fraction of sp³-hybridized carbons (Fsp3) is 1.00. The van der Waals surface area contributed by atoms with Gasteiger partial charge in [0.2, 0.25) is 0 Å². The molecular formula is C21H34O2. The van der Waals surface area contributed by atoms with E-state index in [9.17, 15) is 5.11 Å². The molecule has 130 valence electrons. The SMILES string of the molecule is C[C@]12CCCC[C@@H]1CC[C@@H]1[C@@H]2CC[C@@]2(C)[C@H]1CC[C@@]2(O)C1CO1. The van der Waals surface area contributed by atoms with Crippen LogP contribution in [0.2, 0.25) is 0 Å². The number of ether oxygens (including phenoxy) is 1. The van der Waals surface area contributed by atoms with E-state index in [-0.39, 0.29) is 11.5 Å². The Morgan fingerprint density at radius 3 is 2.43 bits per heavy atom. The molecule has 0 spiro atoms. The Morgan fingerprint density at radius 1 is 0.870 bits per heavy atom. The van der Waals surface area contributed by atoms with Gasteiger partial charge < -0.3 is 9.84 Å². The number of hydrogen-bond acceptors (Lipinski definition) is 2. The van der Waals surface area contributed by atoms with Crippen molar-refractivity contribution in [3.05, 3.63) is 0 Å². The standard InChI is InChI=1S/C21H34O2/c1-19-10-4-3-5-14(19)6-7-15-16(19)8-11-20(2)17(15)9-12-21(20,22)18-13-23-18/h14-18,22H,3-13H2,1-2H3/t14-,15-,16+,17+,18?,19+,20+,21-/m1/s1. The molecule has 1 unspecified atom stereocenters. The lowest BCUT2D eigenvalue weighted by atomic mass is 9.44. The van der Waals surface area contributed by atoms with Gasteiger partial charge in [0.1, 0.15) is 6.10 Å². The van der Waals surface area contributed by atoms with E-state index >= 15 is 0 Å². The third-order valence-electron chi connectivity index (χ3n) is 9.66. The minimum Gasteiger partial charge on any atom is -0.387 e. The average Bonchev–Trinajstić information content (AvgIpc) is 3.34. The van der Waals surface area contributed by atoms with Gasteiger partial charge in [0, 0.05) is 5.41 Å². The maximum absolute atomic E-state index is 11.4. The van der Waals surface area contributed by atoms with Crippen molar-refractivity contribution in [2.24, 2.45) is 34.5 Å². The highest BCUT2D eigenvalue weighted by Crippen LogP contribution is 2.69. The maximum atomic E-state index is 11.4. The van der Waals surface area contributed by atoms with Crippen LogP contribution in [0.4, 0.5) is 0 Å². The van der Waals surface area contributed by atoms with Crippen LogP contribution < -0.4 is 0 Å². The predicted octanol–water partition coefficient (Wildman–Crippen LogP) is 4.55. The van der Waals surface area contributed by atoms with E-state index in [1.807, 2.05) is 0 Å². The highest BCUT2D eigenvalue weighted by molar-refractivity contribution is 5.17. The Bertz CT molecular complexity index is 500. The third kappa shape index (κ3) is 1.83. The highest BCUT2D eigenvalue weighted by atomic mass is 16.6. The van der Waals surface area contributed by atoms with E-state index < -0.39 is 5.60 Å². The molecule has 23 heavy (non-hydrogen) atoms. The lowest BCUT2D eigenvalue weighted by molar-refractivity contribution is -0.157. The van der Waals surface area contributed by atoms with Crippen LogP contribution in [0.15, 0.2) is 0 Å². The summed E-state index contributed by atoms with van der Waals surface area (Å²) < 4.78 is 5.60. The minimum atomic E-state index is -0.521. The van der Waals surface area contributed by atoms with Crippen LogP contribution in [0.3, 0.4) is 0 Å². The van der Waals surface area contributed by atoms with Crippen LogP contribution in [0, 0.1) is 34.5 Å². The van der Waals surface area contributed by atoms with Gasteiger partial charge in [0.25, 0.3) is 0 Å². The zero-order chi connectivity index (χ0) is 15.9. The fourth-order valence-electron chi connectivity index (χ4n) is 8.20. The van der Waals surface area contributed by atoms with E-state index in [4.69, 9.17) is 4.74 Å². The van der Waals surface area contributed by atoms with Gasteiger partial charge in [0.05, 0.1) is 12.2 Å². The number of epoxide rings is 1. The summed E-state index contributed by atoms with van der Waals surface area (Å²) in [5.41, 5.74) is 0.208. The first kappa shape index (κ1) is 15.2. The number of fused-ring (bicyclic) bond motifs is 5. The molecule has 5 aliphatic rings. The van der Waals surface area contributed by atoms with Gasteiger partial charge >= 0.3 is 0 Å². The molecule has 5 rings (SSSR count). The summed E-state index contributed by atoms with van der Waals surface area (Å²) in [6, 6.07) is 0. The third-order valence-corrected chi connectivity index (χ3v) is 9.66. The summed E-state index contributed by atoms with van der Waals surface area (Å²) in [5.74, 6) is 3.55. The molecule has 1 N–H and O–H groups in total. The second kappa shape index (κ2) is 4.75. The normalized spacial score (nSPS) is 61.4. The quantitative estimate of drug-likeness (QED) is 0.719. The van der Waals surface area contributed by atoms with E-state index in [1.54, 1.807) is 0 Å². The lowest BCUT2D eigenvalue weighted by Gasteiger charge is -2.61. The van der Waals surface area contributed by atoms with Crippen molar-refractivity contribution >= 4 is 0 Å². The average molecular weight is 319 g/mol. The predicted molar refractivity (Wildman–Crippen MR) is 91.0 cm³/mol. The molecule has 0 bridgehead atoms. The summed E-state index contributed by atoms with van der Waals surface area (Å²) in [6.45, 7) is 5.85. The van der Waals surface area contributed by atoms with Crippen molar-refractivity contribution in [3.8, 4) is 0 Å². The maximum Gasteiger partial charge on any atom is 0.110 e. The molecule has 5 fully saturated rings. The molecule has 0 radical (unpaired) electrons. The fourth-order valence-corrected chi connectivity index (χ4v) is 8.20. The minimum absolute atomic E-state index is 0.118. The Hall–Kier alpha value is -0.0800. The first-order valence-electron chi connectivity index (χ1n) is 10.3. The molecule has 0 aromatic carbocycles. The first-order chi connectivity index (χ1) is 11.0. The van der Waals surface area contributed by atoms with Gasteiger partial charge in [-0.3, -0.25) is 0 Å². The van der Waals surface area contributed by atoms with E-state index in [1.165, 1.54) is 57.8 Å². The summed E-state index contributed by atoms with van der Waals surface area (Å²) in [6.07, 6.45) is 13.8. The van der Waals surface area contributed by atoms with Crippen molar-refractivity contribution in [2.45, 2.75) is 89.8 Å². The molecule has 4 saturated carbocycles. The van der Waals surface area contributed by atoms with Crippen LogP contribution in [0.1, 0.15) is 78.1 Å². The molecule has 1 aliphatic heterocycles. The van der Waals surface area contributed by atoms with Crippen LogP contribution in [-0.2, 0) is 4.74 Å². The molecule has 8 atom stereocenters. The van der Waals surface area contributed by atoms with Crippen LogP contribution >= 0.6 is 0 Å². The summed E-state index contributed by atoms with van der Waals surface area (Å²) in [5, 5.41) is 11.4. The topological polar surface area (TPSA) is 32.8 Å². The Kier molecular flexibility index (Phi) is 3.14. The molecule has 0 aromatic heterocycles. The Labute approximate surface area is 141 Å². The van der Waals surface area contributed by atoms with Gasteiger partial charge in [-0.15, -0.1) is 0 Å². The van der Waals surface area contributed by atoms with Gasteiger partial charge in [-0.05, 0) is 80.5 Å². The molecule has 0 aromatic rings. The Balaban J connectivity index is 1.47. The summed E-state index contributed by atoms with van der Waals surface area (Å²) >= 11 is 0. The van der Waals surface area contributed by atoms with E-state index in [0.29, 0.717) is 5.41 Å². The second-order valence-corrected chi connectivity index (χ2v) is 10.1. The van der Waals surface area contributed by atoms with Crippen molar-refractivity contribution in [1.29, 1.82) is 0 Å². The van der Waals surface area contributed by atoms with Crippen molar-refractivity contribution in [3.63, 3.8) is 0 Å². The molecule has 2 nitrogen and oxygen atoms in total. The Morgan fingerprint density at radius 2 is 1.65 bits per heavy atom. The molecule has 0 amide bonds. The van der Waals surface area contributed by atoms with Crippen LogP contribution in [-0.4, -0.2) is 23.4 Å². The number of hydrogen-bond donors (Lipinski definition) is 1. The molecular weight excluding hydrogens is 284 g/mol. The van der Waals surface area contributed by atoms with Crippen LogP contribution in [0.25, 0.3) is 0 Å². The first-order valence-corrected chi connectivity index (χ1v) is 10.3. The van der Waals surface area contributed by atoms with Gasteiger partial charge in [-0.2, -0.15) is 0 Å². The molecule has 2 heteroatoms. The largest absolute Gasteiger partial charge is 0.387 e. The lowest BCUT2D eigenvalue weighted by Crippen LogP contribution is -2.57. The molecule has 1 heterocycles. The van der Waals surface area contributed by atoms with Gasteiger partial charge in [-0.1, -0.05) is 26.7 Å². The van der Waals surface area contributed by atoms with Gasteiger partial charge in [0.15, 0.2) is 0 Å². The zero-order valence-electron chi connectivity index (χ0n) is 15.0. The van der Waals surface area contributed by atoms with Gasteiger partial charge in [-0.25, -0.2) is 0 Å². The van der Waals surface area contributed by atoms with Crippen LogP contribution in [0.5, 0.6) is 0 Å². The zero-order valence-corrected chi connectivity index (χ0v) is 15.0. The van der Waals surface area contributed by atoms with Crippen molar-refractivity contribution < 1.29 is 9.84 Å².